The minimum atomic E-state index is -1.12. The number of carbonyl (C=O) groups excluding carboxylic acids is 1. The topological polar surface area (TPSA) is 96.9 Å². The Kier molecular flexibility index (Phi) is 7.03. The highest BCUT2D eigenvalue weighted by Crippen LogP contribution is 2.22. The summed E-state index contributed by atoms with van der Waals surface area (Å²) in [6.45, 7) is 1.13. The predicted octanol–water partition coefficient (Wildman–Crippen LogP) is 1.94. The lowest BCUT2D eigenvalue weighted by molar-refractivity contribution is 0.0698. The van der Waals surface area contributed by atoms with Crippen LogP contribution in [0.2, 0.25) is 0 Å². The molecule has 0 saturated heterocycles. The molecule has 1 rings (SSSR count). The summed E-state index contributed by atoms with van der Waals surface area (Å²) in [5.41, 5.74) is 0.196. The number of hydrogen-bond acceptors (Lipinski definition) is 4. The number of nitrogens with one attached hydrogen (secondary N) is 2. The Hall–Kier alpha value is -2.28. The Morgan fingerprint density at radius 3 is 2.62 bits per heavy atom. The van der Waals surface area contributed by atoms with Gasteiger partial charge in [0.05, 0.1) is 18.4 Å². The van der Waals surface area contributed by atoms with Crippen molar-refractivity contribution < 1.29 is 24.2 Å². The van der Waals surface area contributed by atoms with E-state index in [-0.39, 0.29) is 11.3 Å². The van der Waals surface area contributed by atoms with Crippen molar-refractivity contribution >= 4 is 17.7 Å². The number of rotatable bonds is 8. The molecule has 7 nitrogen and oxygen atoms in total. The molecule has 0 aliphatic rings. The van der Waals surface area contributed by atoms with E-state index in [0.29, 0.717) is 18.9 Å². The van der Waals surface area contributed by atoms with Crippen molar-refractivity contribution in [1.29, 1.82) is 0 Å². The van der Waals surface area contributed by atoms with Crippen LogP contribution in [-0.2, 0) is 4.74 Å². The molecule has 2 amide bonds. The largest absolute Gasteiger partial charge is 0.497 e. The molecule has 1 aromatic rings. The average Bonchev–Trinajstić information content (AvgIpc) is 2.46. The predicted molar refractivity (Wildman–Crippen MR) is 78.1 cm³/mol. The molecule has 21 heavy (non-hydrogen) atoms. The number of anilines is 1. The Morgan fingerprint density at radius 1 is 1.24 bits per heavy atom. The van der Waals surface area contributed by atoms with Gasteiger partial charge in [0, 0.05) is 26.3 Å². The molecule has 0 aliphatic heterocycles. The summed E-state index contributed by atoms with van der Waals surface area (Å²) in [4.78, 5) is 22.8. The Labute approximate surface area is 123 Å². The summed E-state index contributed by atoms with van der Waals surface area (Å²) in [7, 11) is 3.09. The highest BCUT2D eigenvalue weighted by Gasteiger charge is 2.13. The lowest BCUT2D eigenvalue weighted by atomic mass is 10.1. The number of aromatic carboxylic acids is 1. The van der Waals surface area contributed by atoms with E-state index in [9.17, 15) is 9.59 Å². The number of carboxylic acid groups (broad SMARTS) is 1. The molecule has 0 heterocycles. The minimum absolute atomic E-state index is 0.00494. The van der Waals surface area contributed by atoms with Crippen LogP contribution in [0.4, 0.5) is 10.5 Å². The first-order valence-electron chi connectivity index (χ1n) is 6.53. The van der Waals surface area contributed by atoms with E-state index in [1.54, 1.807) is 7.11 Å². The second-order valence-corrected chi connectivity index (χ2v) is 4.30. The number of urea groups is 1. The van der Waals surface area contributed by atoms with Crippen molar-refractivity contribution in [2.75, 3.05) is 32.7 Å². The van der Waals surface area contributed by atoms with Gasteiger partial charge in [0.1, 0.15) is 5.75 Å². The summed E-state index contributed by atoms with van der Waals surface area (Å²) in [6.07, 6.45) is 1.63. The fraction of sp³-hybridized carbons (Fsp3) is 0.429. The van der Waals surface area contributed by atoms with E-state index >= 15 is 0 Å². The van der Waals surface area contributed by atoms with Gasteiger partial charge in [-0.25, -0.2) is 9.59 Å². The van der Waals surface area contributed by atoms with Gasteiger partial charge in [-0.15, -0.1) is 0 Å². The maximum absolute atomic E-state index is 11.7. The smallest absolute Gasteiger partial charge is 0.337 e. The van der Waals surface area contributed by atoms with Gasteiger partial charge in [0.15, 0.2) is 0 Å². The highest BCUT2D eigenvalue weighted by molar-refractivity contribution is 6.00. The van der Waals surface area contributed by atoms with Crippen LogP contribution in [0.1, 0.15) is 23.2 Å². The zero-order valence-corrected chi connectivity index (χ0v) is 12.1. The van der Waals surface area contributed by atoms with E-state index < -0.39 is 12.0 Å². The van der Waals surface area contributed by atoms with E-state index in [2.05, 4.69) is 10.6 Å². The van der Waals surface area contributed by atoms with Crippen LogP contribution in [0.25, 0.3) is 0 Å². The Balaban J connectivity index is 2.59. The molecule has 0 unspecified atom stereocenters. The van der Waals surface area contributed by atoms with Gasteiger partial charge in [0.25, 0.3) is 0 Å². The zero-order chi connectivity index (χ0) is 15.7. The highest BCUT2D eigenvalue weighted by atomic mass is 16.5. The second kappa shape index (κ2) is 8.80. The number of carboxylic acids is 1. The van der Waals surface area contributed by atoms with E-state index in [0.717, 1.165) is 12.8 Å². The molecule has 0 fully saturated rings. The number of carbonyl (C=O) groups is 2. The number of hydrogen-bond donors (Lipinski definition) is 3. The van der Waals surface area contributed by atoms with E-state index in [1.165, 1.54) is 25.3 Å². The molecule has 3 N–H and O–H groups in total. The van der Waals surface area contributed by atoms with E-state index in [1.807, 2.05) is 0 Å². The molecule has 0 aromatic heterocycles. The molecule has 0 bridgehead atoms. The van der Waals surface area contributed by atoms with Crippen molar-refractivity contribution in [3.8, 4) is 5.75 Å². The molecule has 116 valence electrons. The fourth-order valence-electron chi connectivity index (χ4n) is 1.68. The van der Waals surface area contributed by atoms with Crippen LogP contribution in [0.15, 0.2) is 18.2 Å². The van der Waals surface area contributed by atoms with Crippen LogP contribution in [0.3, 0.4) is 0 Å². The lowest BCUT2D eigenvalue weighted by Crippen LogP contribution is -2.30. The summed E-state index contributed by atoms with van der Waals surface area (Å²) >= 11 is 0. The number of amides is 2. The van der Waals surface area contributed by atoms with Crippen molar-refractivity contribution in [1.82, 2.24) is 5.32 Å². The fourth-order valence-corrected chi connectivity index (χ4v) is 1.68. The third kappa shape index (κ3) is 5.70. The van der Waals surface area contributed by atoms with Crippen molar-refractivity contribution in [3.63, 3.8) is 0 Å². The normalized spacial score (nSPS) is 10.0. The SMILES string of the molecule is COCCCCNC(=O)Nc1cc(OC)ccc1C(=O)O. The first-order chi connectivity index (χ1) is 10.1. The molecular formula is C14H20N2O5. The van der Waals surface area contributed by atoms with Gasteiger partial charge >= 0.3 is 12.0 Å². The standard InChI is InChI=1S/C14H20N2O5/c1-20-8-4-3-7-15-14(19)16-12-9-10(21-2)5-6-11(12)13(17)18/h5-6,9H,3-4,7-8H2,1-2H3,(H,17,18)(H2,15,16,19). The molecule has 0 atom stereocenters. The first kappa shape index (κ1) is 16.8. The molecular weight excluding hydrogens is 276 g/mol. The number of unbranched alkanes of at least 4 members (excludes halogenated alkanes) is 1. The number of methoxy groups -OCH3 is 2. The van der Waals surface area contributed by atoms with Crippen LogP contribution in [0.5, 0.6) is 5.75 Å². The monoisotopic (exact) mass is 296 g/mol. The molecule has 1 aromatic carbocycles. The van der Waals surface area contributed by atoms with Crippen LogP contribution in [-0.4, -0.2) is 44.5 Å². The maximum atomic E-state index is 11.7. The third-order valence-corrected chi connectivity index (χ3v) is 2.77. The van der Waals surface area contributed by atoms with Gasteiger partial charge in [-0.3, -0.25) is 0 Å². The molecule has 7 heteroatoms. The lowest BCUT2D eigenvalue weighted by Gasteiger charge is -2.11. The van der Waals surface area contributed by atoms with Crippen LogP contribution >= 0.6 is 0 Å². The second-order valence-electron chi connectivity index (χ2n) is 4.30. The Bertz CT molecular complexity index is 490. The Morgan fingerprint density at radius 2 is 2.00 bits per heavy atom. The van der Waals surface area contributed by atoms with Gasteiger partial charge in [0.2, 0.25) is 0 Å². The third-order valence-electron chi connectivity index (χ3n) is 2.77. The van der Waals surface area contributed by atoms with Crippen molar-refractivity contribution in [2.24, 2.45) is 0 Å². The van der Waals surface area contributed by atoms with Crippen molar-refractivity contribution in [3.05, 3.63) is 23.8 Å². The van der Waals surface area contributed by atoms with Gasteiger partial charge < -0.3 is 25.2 Å². The van der Waals surface area contributed by atoms with Gasteiger partial charge in [-0.2, -0.15) is 0 Å². The van der Waals surface area contributed by atoms with Crippen LogP contribution < -0.4 is 15.4 Å². The average molecular weight is 296 g/mol. The number of ether oxygens (including phenoxy) is 2. The molecule has 0 saturated carbocycles. The van der Waals surface area contributed by atoms with E-state index in [4.69, 9.17) is 14.6 Å². The van der Waals surface area contributed by atoms with Crippen LogP contribution in [0, 0.1) is 0 Å². The van der Waals surface area contributed by atoms with Crippen molar-refractivity contribution in [2.45, 2.75) is 12.8 Å². The summed E-state index contributed by atoms with van der Waals surface area (Å²) in [5.74, 6) is -0.650. The molecule has 0 radical (unpaired) electrons. The summed E-state index contributed by atoms with van der Waals surface area (Å²) < 4.78 is 9.92. The quantitative estimate of drug-likeness (QED) is 0.637. The maximum Gasteiger partial charge on any atom is 0.337 e. The van der Waals surface area contributed by atoms with Gasteiger partial charge in [-0.1, -0.05) is 0 Å². The molecule has 0 aliphatic carbocycles. The first-order valence-corrected chi connectivity index (χ1v) is 6.53. The zero-order valence-electron chi connectivity index (χ0n) is 12.1. The summed E-state index contributed by atoms with van der Waals surface area (Å²) in [5, 5.41) is 14.3. The number of benzene rings is 1. The van der Waals surface area contributed by atoms with Gasteiger partial charge in [-0.05, 0) is 25.0 Å². The molecule has 0 spiro atoms. The minimum Gasteiger partial charge on any atom is -0.497 e. The summed E-state index contributed by atoms with van der Waals surface area (Å²) in [6, 6.07) is 3.92.